The van der Waals surface area contributed by atoms with Crippen LogP contribution in [-0.4, -0.2) is 34.7 Å². The average Bonchev–Trinajstić information content (AvgIpc) is 3.22. The Morgan fingerprint density at radius 2 is 1.71 bits per heavy atom. The number of methoxy groups -OCH3 is 1. The van der Waals surface area contributed by atoms with Gasteiger partial charge in [0.15, 0.2) is 0 Å². The molecule has 0 spiro atoms. The maximum atomic E-state index is 12.7. The van der Waals surface area contributed by atoms with Crippen LogP contribution in [0.5, 0.6) is 11.5 Å². The Labute approximate surface area is 187 Å². The number of carbonyl (C=O) groups is 1. The fraction of sp³-hybridized carbons (Fsp3) is 0.174. The Bertz CT molecular complexity index is 1170. The highest BCUT2D eigenvalue weighted by Crippen LogP contribution is 2.32. The maximum absolute atomic E-state index is 12.7. The number of carbonyl (C=O) groups excluding carboxylic acids is 1. The lowest BCUT2D eigenvalue weighted by molar-refractivity contribution is -0.151. The smallest absolute Gasteiger partial charge is 0.352 e. The first-order chi connectivity index (χ1) is 15.1. The molecule has 0 N–H and O–H groups in total. The quantitative estimate of drug-likeness (QED) is 0.350. The van der Waals surface area contributed by atoms with E-state index in [9.17, 15) is 4.79 Å². The molecule has 0 saturated heterocycles. The van der Waals surface area contributed by atoms with Crippen molar-refractivity contribution >= 4 is 32.9 Å². The van der Waals surface area contributed by atoms with Gasteiger partial charge in [-0.3, -0.25) is 0 Å². The second-order valence-electron chi connectivity index (χ2n) is 6.61. The van der Waals surface area contributed by atoms with Gasteiger partial charge in [-0.2, -0.15) is 0 Å². The van der Waals surface area contributed by atoms with Gasteiger partial charge in [-0.15, -0.1) is 15.0 Å². The van der Waals surface area contributed by atoms with Gasteiger partial charge in [0, 0.05) is 16.1 Å². The zero-order valence-electron chi connectivity index (χ0n) is 17.0. The number of halogens is 1. The summed E-state index contributed by atoms with van der Waals surface area (Å²) in [6.45, 7) is 2.01. The monoisotopic (exact) mass is 481 g/mol. The Balaban J connectivity index is 1.78. The summed E-state index contributed by atoms with van der Waals surface area (Å²) in [6.07, 6.45) is -0.954. The summed E-state index contributed by atoms with van der Waals surface area (Å²) >= 11 is 3.41. The topological polar surface area (TPSA) is 75.5 Å². The number of fused-ring (bicyclic) bond motifs is 1. The van der Waals surface area contributed by atoms with Crippen molar-refractivity contribution in [2.45, 2.75) is 13.0 Å². The maximum Gasteiger partial charge on any atom is 0.352 e. The standard InChI is InChI=1S/C23H20BrN3O4/c1-3-30-23(28)22(15-8-10-16(24)11-9-15)31-21-13-12-17(29-2)14-20(21)27-25-18-6-4-5-7-19(18)26-27/h4-14,22H,3H2,1-2H3. The van der Waals surface area contributed by atoms with Gasteiger partial charge in [0.1, 0.15) is 28.2 Å². The molecule has 4 aromatic rings. The Kier molecular flexibility index (Phi) is 6.18. The van der Waals surface area contributed by atoms with Crippen molar-refractivity contribution in [1.82, 2.24) is 15.0 Å². The SMILES string of the molecule is CCOC(=O)C(Oc1ccc(OC)cc1-n1nc2ccccc2n1)c1ccc(Br)cc1. The van der Waals surface area contributed by atoms with Crippen molar-refractivity contribution in [2.24, 2.45) is 0 Å². The first kappa shape index (κ1) is 20.9. The van der Waals surface area contributed by atoms with Gasteiger partial charge >= 0.3 is 5.97 Å². The van der Waals surface area contributed by atoms with E-state index in [2.05, 4.69) is 26.1 Å². The van der Waals surface area contributed by atoms with Gasteiger partial charge < -0.3 is 14.2 Å². The minimum absolute atomic E-state index is 0.247. The number of esters is 1. The molecule has 1 unspecified atom stereocenters. The molecule has 0 fully saturated rings. The number of benzene rings is 3. The summed E-state index contributed by atoms with van der Waals surface area (Å²) in [4.78, 5) is 14.2. The molecule has 8 heteroatoms. The highest BCUT2D eigenvalue weighted by atomic mass is 79.9. The fourth-order valence-corrected chi connectivity index (χ4v) is 3.35. The second kappa shape index (κ2) is 9.18. The molecule has 0 aliphatic rings. The molecule has 0 aliphatic heterocycles. The van der Waals surface area contributed by atoms with E-state index in [-0.39, 0.29) is 6.61 Å². The van der Waals surface area contributed by atoms with Crippen LogP contribution >= 0.6 is 15.9 Å². The Hall–Kier alpha value is -3.39. The number of nitrogens with zero attached hydrogens (tertiary/aromatic N) is 3. The summed E-state index contributed by atoms with van der Waals surface area (Å²) < 4.78 is 17.7. The molecule has 1 heterocycles. The molecule has 4 rings (SSSR count). The van der Waals surface area contributed by atoms with Crippen molar-refractivity contribution in [2.75, 3.05) is 13.7 Å². The van der Waals surface area contributed by atoms with Gasteiger partial charge in [0.25, 0.3) is 0 Å². The van der Waals surface area contributed by atoms with Crippen molar-refractivity contribution in [3.8, 4) is 17.2 Å². The van der Waals surface area contributed by atoms with Crippen LogP contribution in [0.2, 0.25) is 0 Å². The van der Waals surface area contributed by atoms with Gasteiger partial charge in [0.05, 0.1) is 13.7 Å². The van der Waals surface area contributed by atoms with E-state index in [0.717, 1.165) is 15.5 Å². The molecule has 0 amide bonds. The number of hydrogen-bond acceptors (Lipinski definition) is 6. The lowest BCUT2D eigenvalue weighted by Crippen LogP contribution is -2.22. The number of rotatable bonds is 7. The van der Waals surface area contributed by atoms with E-state index >= 15 is 0 Å². The third-order valence-electron chi connectivity index (χ3n) is 4.59. The molecule has 0 bridgehead atoms. The summed E-state index contributed by atoms with van der Waals surface area (Å²) in [5.74, 6) is 0.548. The molecule has 1 aromatic heterocycles. The van der Waals surface area contributed by atoms with Crippen molar-refractivity contribution in [1.29, 1.82) is 0 Å². The number of aromatic nitrogens is 3. The van der Waals surface area contributed by atoms with Crippen LogP contribution in [0.4, 0.5) is 0 Å². The predicted molar refractivity (Wildman–Crippen MR) is 120 cm³/mol. The molecular weight excluding hydrogens is 462 g/mol. The minimum atomic E-state index is -0.954. The molecule has 1 atom stereocenters. The van der Waals surface area contributed by atoms with Crippen molar-refractivity contribution in [3.05, 3.63) is 76.8 Å². The van der Waals surface area contributed by atoms with E-state index in [4.69, 9.17) is 14.2 Å². The van der Waals surface area contributed by atoms with Crippen LogP contribution in [0, 0.1) is 0 Å². The second-order valence-corrected chi connectivity index (χ2v) is 7.53. The van der Waals surface area contributed by atoms with Crippen LogP contribution in [-0.2, 0) is 9.53 Å². The van der Waals surface area contributed by atoms with Crippen LogP contribution < -0.4 is 9.47 Å². The lowest BCUT2D eigenvalue weighted by Gasteiger charge is -2.20. The molecule has 31 heavy (non-hydrogen) atoms. The molecule has 0 radical (unpaired) electrons. The van der Waals surface area contributed by atoms with E-state index in [1.165, 1.54) is 4.80 Å². The summed E-state index contributed by atoms with van der Waals surface area (Å²) in [7, 11) is 1.58. The third-order valence-corrected chi connectivity index (χ3v) is 5.12. The molecule has 3 aromatic carbocycles. The van der Waals surface area contributed by atoms with Gasteiger partial charge in [-0.1, -0.05) is 40.2 Å². The number of ether oxygens (including phenoxy) is 3. The van der Waals surface area contributed by atoms with Crippen molar-refractivity contribution < 1.29 is 19.0 Å². The van der Waals surface area contributed by atoms with E-state index in [1.54, 1.807) is 32.2 Å². The predicted octanol–water partition coefficient (Wildman–Crippen LogP) is 4.87. The summed E-state index contributed by atoms with van der Waals surface area (Å²) in [6, 6.07) is 20.1. The molecule has 7 nitrogen and oxygen atoms in total. The van der Waals surface area contributed by atoms with Gasteiger partial charge in [0.2, 0.25) is 6.10 Å². The van der Waals surface area contributed by atoms with Crippen LogP contribution in [0.3, 0.4) is 0 Å². The van der Waals surface area contributed by atoms with Crippen LogP contribution in [0.1, 0.15) is 18.6 Å². The average molecular weight is 482 g/mol. The lowest BCUT2D eigenvalue weighted by atomic mass is 10.1. The van der Waals surface area contributed by atoms with E-state index < -0.39 is 12.1 Å². The molecular formula is C23H20BrN3O4. The fourth-order valence-electron chi connectivity index (χ4n) is 3.08. The van der Waals surface area contributed by atoms with Crippen LogP contribution in [0.15, 0.2) is 71.2 Å². The number of hydrogen-bond donors (Lipinski definition) is 0. The van der Waals surface area contributed by atoms with E-state index in [1.807, 2.05) is 48.5 Å². The van der Waals surface area contributed by atoms with E-state index in [0.29, 0.717) is 22.7 Å². The zero-order chi connectivity index (χ0) is 21.8. The minimum Gasteiger partial charge on any atom is -0.497 e. The first-order valence-electron chi connectivity index (χ1n) is 9.68. The Morgan fingerprint density at radius 3 is 2.32 bits per heavy atom. The van der Waals surface area contributed by atoms with Gasteiger partial charge in [-0.25, -0.2) is 4.79 Å². The molecule has 0 saturated carbocycles. The van der Waals surface area contributed by atoms with Crippen LogP contribution in [0.25, 0.3) is 16.7 Å². The highest BCUT2D eigenvalue weighted by molar-refractivity contribution is 9.10. The first-order valence-corrected chi connectivity index (χ1v) is 10.5. The molecule has 158 valence electrons. The Morgan fingerprint density at radius 1 is 1.03 bits per heavy atom. The van der Waals surface area contributed by atoms with Gasteiger partial charge in [-0.05, 0) is 43.3 Å². The molecule has 0 aliphatic carbocycles. The highest BCUT2D eigenvalue weighted by Gasteiger charge is 2.26. The summed E-state index contributed by atoms with van der Waals surface area (Å²) in [5.41, 5.74) is 2.70. The third kappa shape index (κ3) is 4.54. The largest absolute Gasteiger partial charge is 0.497 e. The summed E-state index contributed by atoms with van der Waals surface area (Å²) in [5, 5.41) is 9.08. The zero-order valence-corrected chi connectivity index (χ0v) is 18.6. The van der Waals surface area contributed by atoms with Crippen molar-refractivity contribution in [3.63, 3.8) is 0 Å². The normalized spacial score (nSPS) is 11.8.